The Kier molecular flexibility index (Phi) is 1.67. The Hall–Kier alpha value is -1.10. The molecule has 0 aliphatic heterocycles. The van der Waals surface area contributed by atoms with Crippen LogP contribution in [0.2, 0.25) is 0 Å². The van der Waals surface area contributed by atoms with Gasteiger partial charge in [-0.15, -0.1) is 0 Å². The molecule has 1 nitrogen and oxygen atoms in total. The summed E-state index contributed by atoms with van der Waals surface area (Å²) in [6.07, 6.45) is -0.523. The Morgan fingerprint density at radius 1 is 1.14 bits per heavy atom. The summed E-state index contributed by atoms with van der Waals surface area (Å²) in [6.45, 7) is 0. The molecule has 0 heterocycles. The van der Waals surface area contributed by atoms with Crippen molar-refractivity contribution in [2.75, 3.05) is 0 Å². The molecule has 1 aliphatic carbocycles. The maximum Gasteiger partial charge on any atom is 0.272 e. The van der Waals surface area contributed by atoms with Gasteiger partial charge in [0.15, 0.2) is 11.6 Å². The van der Waals surface area contributed by atoms with Gasteiger partial charge < -0.3 is 5.73 Å². The Morgan fingerprint density at radius 3 is 2.14 bits per heavy atom. The van der Waals surface area contributed by atoms with E-state index < -0.39 is 29.5 Å². The lowest BCUT2D eigenvalue weighted by atomic mass is 10.1. The zero-order valence-corrected chi connectivity index (χ0v) is 7.03. The van der Waals surface area contributed by atoms with Crippen LogP contribution in [-0.4, -0.2) is 5.92 Å². The van der Waals surface area contributed by atoms with E-state index in [0.29, 0.717) is 0 Å². The second-order valence-corrected chi connectivity index (χ2v) is 3.48. The molecule has 76 valence electrons. The van der Waals surface area contributed by atoms with Gasteiger partial charge >= 0.3 is 0 Å². The second-order valence-electron chi connectivity index (χ2n) is 3.48. The molecule has 1 fully saturated rings. The van der Waals surface area contributed by atoms with Crippen molar-refractivity contribution in [2.24, 2.45) is 5.73 Å². The maximum absolute atomic E-state index is 12.8. The quantitative estimate of drug-likeness (QED) is 0.698. The number of hydrogen-bond acceptors (Lipinski definition) is 1. The Morgan fingerprint density at radius 2 is 1.71 bits per heavy atom. The van der Waals surface area contributed by atoms with Crippen molar-refractivity contribution < 1.29 is 17.6 Å². The molecule has 5 heteroatoms. The molecule has 0 aromatic heterocycles. The number of benzene rings is 1. The summed E-state index contributed by atoms with van der Waals surface area (Å²) in [7, 11) is 0. The summed E-state index contributed by atoms with van der Waals surface area (Å²) >= 11 is 0. The molecule has 1 atom stereocenters. The highest BCUT2D eigenvalue weighted by atomic mass is 19.3. The van der Waals surface area contributed by atoms with Crippen molar-refractivity contribution in [2.45, 2.75) is 17.9 Å². The van der Waals surface area contributed by atoms with Crippen molar-refractivity contribution in [1.29, 1.82) is 0 Å². The fourth-order valence-electron chi connectivity index (χ4n) is 1.39. The Labute approximate surface area is 77.5 Å². The predicted octanol–water partition coefficient (Wildman–Crippen LogP) is 2.16. The summed E-state index contributed by atoms with van der Waals surface area (Å²) in [5.41, 5.74) is 3.44. The standard InChI is InChI=1S/C9H7F4N/c10-6-2-1-5(3-7(6)11)8(14)4-9(8,12)13/h1-3H,4,14H2. The number of hydrogen-bond donors (Lipinski definition) is 1. The van der Waals surface area contributed by atoms with E-state index in [-0.39, 0.29) is 5.56 Å². The zero-order valence-electron chi connectivity index (χ0n) is 7.03. The van der Waals surface area contributed by atoms with Gasteiger partial charge in [-0.25, -0.2) is 17.6 Å². The molecule has 1 unspecified atom stereocenters. The molecule has 1 aliphatic rings. The first-order valence-corrected chi connectivity index (χ1v) is 3.99. The van der Waals surface area contributed by atoms with E-state index in [4.69, 9.17) is 5.73 Å². The molecule has 0 spiro atoms. The lowest BCUT2D eigenvalue weighted by Crippen LogP contribution is -2.27. The molecule has 0 saturated heterocycles. The van der Waals surface area contributed by atoms with Crippen LogP contribution < -0.4 is 5.73 Å². The van der Waals surface area contributed by atoms with E-state index in [1.54, 1.807) is 0 Å². The number of alkyl halides is 2. The predicted molar refractivity (Wildman–Crippen MR) is 41.8 cm³/mol. The van der Waals surface area contributed by atoms with Gasteiger partial charge in [0.05, 0.1) is 0 Å². The first kappa shape index (κ1) is 9.45. The third kappa shape index (κ3) is 1.12. The highest BCUT2D eigenvalue weighted by Crippen LogP contribution is 2.57. The van der Waals surface area contributed by atoms with Crippen LogP contribution in [-0.2, 0) is 5.54 Å². The summed E-state index contributed by atoms with van der Waals surface area (Å²) in [5.74, 6) is -5.24. The van der Waals surface area contributed by atoms with Crippen LogP contribution in [0.1, 0.15) is 12.0 Å². The molecular formula is C9H7F4N. The van der Waals surface area contributed by atoms with Crippen LogP contribution in [0.15, 0.2) is 18.2 Å². The first-order valence-electron chi connectivity index (χ1n) is 3.99. The molecule has 1 aromatic rings. The topological polar surface area (TPSA) is 26.0 Å². The molecule has 0 bridgehead atoms. The minimum Gasteiger partial charge on any atom is -0.316 e. The summed E-state index contributed by atoms with van der Waals surface area (Å²) < 4.78 is 50.7. The van der Waals surface area contributed by atoms with Crippen LogP contribution in [0.3, 0.4) is 0 Å². The van der Waals surface area contributed by atoms with E-state index in [0.717, 1.165) is 18.2 Å². The van der Waals surface area contributed by atoms with Crippen LogP contribution in [0.5, 0.6) is 0 Å². The van der Waals surface area contributed by atoms with Crippen molar-refractivity contribution in [3.8, 4) is 0 Å². The van der Waals surface area contributed by atoms with E-state index in [2.05, 4.69) is 0 Å². The average Bonchev–Trinajstić information content (AvgIpc) is 2.58. The maximum atomic E-state index is 12.8. The Bertz CT molecular complexity index is 390. The van der Waals surface area contributed by atoms with Gasteiger partial charge in [0.1, 0.15) is 5.54 Å². The summed E-state index contributed by atoms with van der Waals surface area (Å²) in [5, 5.41) is 0. The molecule has 14 heavy (non-hydrogen) atoms. The van der Waals surface area contributed by atoms with Gasteiger partial charge in [0.25, 0.3) is 5.92 Å². The average molecular weight is 205 g/mol. The summed E-state index contributed by atoms with van der Waals surface area (Å²) in [4.78, 5) is 0. The van der Waals surface area contributed by atoms with E-state index >= 15 is 0 Å². The van der Waals surface area contributed by atoms with Gasteiger partial charge in [0.2, 0.25) is 0 Å². The van der Waals surface area contributed by atoms with Crippen LogP contribution in [0.4, 0.5) is 17.6 Å². The zero-order chi connectivity index (χ0) is 10.6. The number of halogens is 4. The molecule has 2 rings (SSSR count). The third-order valence-corrected chi connectivity index (χ3v) is 2.46. The van der Waals surface area contributed by atoms with Gasteiger partial charge in [-0.05, 0) is 17.7 Å². The van der Waals surface area contributed by atoms with Gasteiger partial charge in [0, 0.05) is 6.42 Å². The molecular weight excluding hydrogens is 198 g/mol. The second kappa shape index (κ2) is 2.48. The highest BCUT2D eigenvalue weighted by molar-refractivity contribution is 5.36. The summed E-state index contributed by atoms with van der Waals surface area (Å²) in [6, 6.07) is 2.60. The molecule has 1 saturated carbocycles. The van der Waals surface area contributed by atoms with E-state index in [1.165, 1.54) is 0 Å². The van der Waals surface area contributed by atoms with Crippen molar-refractivity contribution >= 4 is 0 Å². The minimum atomic E-state index is -3.02. The lowest BCUT2D eigenvalue weighted by Gasteiger charge is -2.10. The van der Waals surface area contributed by atoms with Gasteiger partial charge in [-0.3, -0.25) is 0 Å². The normalized spacial score (nSPS) is 28.9. The number of nitrogens with two attached hydrogens (primary N) is 1. The van der Waals surface area contributed by atoms with Crippen LogP contribution >= 0.6 is 0 Å². The fourth-order valence-corrected chi connectivity index (χ4v) is 1.39. The number of rotatable bonds is 1. The third-order valence-electron chi connectivity index (χ3n) is 2.46. The monoisotopic (exact) mass is 205 g/mol. The fraction of sp³-hybridized carbons (Fsp3) is 0.333. The van der Waals surface area contributed by atoms with Crippen LogP contribution in [0.25, 0.3) is 0 Å². The molecule has 1 aromatic carbocycles. The molecule has 0 radical (unpaired) electrons. The molecule has 0 amide bonds. The van der Waals surface area contributed by atoms with Gasteiger partial charge in [-0.2, -0.15) is 0 Å². The van der Waals surface area contributed by atoms with Crippen molar-refractivity contribution in [3.63, 3.8) is 0 Å². The highest BCUT2D eigenvalue weighted by Gasteiger charge is 2.70. The smallest absolute Gasteiger partial charge is 0.272 e. The largest absolute Gasteiger partial charge is 0.316 e. The first-order chi connectivity index (χ1) is 6.37. The lowest BCUT2D eigenvalue weighted by molar-refractivity contribution is 0.0890. The SMILES string of the molecule is NC1(c2ccc(F)c(F)c2)CC1(F)F. The Balaban J connectivity index is 2.40. The molecule has 2 N–H and O–H groups in total. The van der Waals surface area contributed by atoms with Crippen LogP contribution in [0, 0.1) is 11.6 Å². The van der Waals surface area contributed by atoms with Crippen molar-refractivity contribution in [1.82, 2.24) is 0 Å². The van der Waals surface area contributed by atoms with E-state index in [9.17, 15) is 17.6 Å². The van der Waals surface area contributed by atoms with E-state index in [1.807, 2.05) is 0 Å². The van der Waals surface area contributed by atoms with Crippen molar-refractivity contribution in [3.05, 3.63) is 35.4 Å². The minimum absolute atomic E-state index is 0.0681. The van der Waals surface area contributed by atoms with Gasteiger partial charge in [-0.1, -0.05) is 6.07 Å².